The van der Waals surface area contributed by atoms with Crippen LogP contribution in [0.25, 0.3) is 0 Å². The lowest BCUT2D eigenvalue weighted by molar-refractivity contribution is -0.123. The summed E-state index contributed by atoms with van der Waals surface area (Å²) in [7, 11) is 0. The van der Waals surface area contributed by atoms with Gasteiger partial charge in [0.05, 0.1) is 5.92 Å². The number of hydrogen-bond acceptors (Lipinski definition) is 1. The number of carbonyl (C=O) groups excluding carboxylic acids is 1. The molecule has 1 unspecified atom stereocenters. The third-order valence-corrected chi connectivity index (χ3v) is 1.70. The molecule has 0 saturated heterocycles. The van der Waals surface area contributed by atoms with Crippen molar-refractivity contribution in [3.8, 4) is 0 Å². The van der Waals surface area contributed by atoms with Crippen molar-refractivity contribution in [2.45, 2.75) is 19.8 Å². The lowest BCUT2D eigenvalue weighted by Gasteiger charge is -2.05. The number of amides is 1. The van der Waals surface area contributed by atoms with E-state index in [-0.39, 0.29) is 11.8 Å². The van der Waals surface area contributed by atoms with E-state index in [1.54, 1.807) is 0 Å². The minimum atomic E-state index is 0.153. The number of carbonyl (C=O) groups is 1. The molecule has 0 spiro atoms. The second-order valence-electron chi connectivity index (χ2n) is 2.51. The van der Waals surface area contributed by atoms with E-state index in [2.05, 4.69) is 11.4 Å². The van der Waals surface area contributed by atoms with Crippen LogP contribution < -0.4 is 5.32 Å². The molecular weight excluding hydrogens is 126 g/mol. The Hall–Kier alpha value is -0.790. The minimum absolute atomic E-state index is 0.153. The van der Waals surface area contributed by atoms with Gasteiger partial charge in [-0.1, -0.05) is 12.2 Å². The molecule has 2 heteroatoms. The molecule has 56 valence electrons. The Balaban J connectivity index is 2.33. The molecule has 1 atom stereocenters. The SMILES string of the molecule is CCNC(=O)C1C=CCC1. The molecule has 1 rings (SSSR count). The van der Waals surface area contributed by atoms with Crippen molar-refractivity contribution < 1.29 is 4.79 Å². The van der Waals surface area contributed by atoms with Crippen LogP contribution in [-0.2, 0) is 4.79 Å². The highest BCUT2D eigenvalue weighted by atomic mass is 16.1. The topological polar surface area (TPSA) is 29.1 Å². The fraction of sp³-hybridized carbons (Fsp3) is 0.625. The number of allylic oxidation sites excluding steroid dienone is 1. The average molecular weight is 139 g/mol. The molecule has 0 bridgehead atoms. The number of hydrogen-bond donors (Lipinski definition) is 1. The molecule has 0 aromatic carbocycles. The molecule has 0 fully saturated rings. The van der Waals surface area contributed by atoms with Gasteiger partial charge in [-0.15, -0.1) is 0 Å². The van der Waals surface area contributed by atoms with E-state index in [1.807, 2.05) is 13.0 Å². The highest BCUT2D eigenvalue weighted by molar-refractivity contribution is 5.80. The summed E-state index contributed by atoms with van der Waals surface area (Å²) in [5.74, 6) is 0.330. The predicted molar refractivity (Wildman–Crippen MR) is 40.5 cm³/mol. The number of rotatable bonds is 2. The molecule has 1 amide bonds. The molecular formula is C8H13NO. The third kappa shape index (κ3) is 1.59. The lowest BCUT2D eigenvalue weighted by atomic mass is 10.1. The molecule has 0 aromatic heterocycles. The Morgan fingerprint density at radius 2 is 2.60 bits per heavy atom. The first-order valence-electron chi connectivity index (χ1n) is 3.79. The van der Waals surface area contributed by atoms with Crippen molar-refractivity contribution in [1.29, 1.82) is 0 Å². The molecule has 1 aliphatic rings. The van der Waals surface area contributed by atoms with Gasteiger partial charge in [0.1, 0.15) is 0 Å². The van der Waals surface area contributed by atoms with Crippen LogP contribution in [-0.4, -0.2) is 12.5 Å². The molecule has 0 saturated carbocycles. The average Bonchev–Trinajstić information content (AvgIpc) is 2.38. The van der Waals surface area contributed by atoms with Gasteiger partial charge in [0, 0.05) is 6.54 Å². The second kappa shape index (κ2) is 3.40. The molecule has 1 N–H and O–H groups in total. The Morgan fingerprint density at radius 1 is 1.80 bits per heavy atom. The van der Waals surface area contributed by atoms with Crippen molar-refractivity contribution in [3.63, 3.8) is 0 Å². The summed E-state index contributed by atoms with van der Waals surface area (Å²) in [4.78, 5) is 11.1. The van der Waals surface area contributed by atoms with Crippen LogP contribution in [0.15, 0.2) is 12.2 Å². The van der Waals surface area contributed by atoms with Crippen molar-refractivity contribution >= 4 is 5.91 Å². The molecule has 10 heavy (non-hydrogen) atoms. The second-order valence-corrected chi connectivity index (χ2v) is 2.51. The standard InChI is InChI=1S/C8H13NO/c1-2-9-8(10)7-5-3-4-6-7/h3,5,7H,2,4,6H2,1H3,(H,9,10). The van der Waals surface area contributed by atoms with Crippen molar-refractivity contribution in [2.24, 2.45) is 5.92 Å². The van der Waals surface area contributed by atoms with E-state index in [1.165, 1.54) is 0 Å². The maximum absolute atomic E-state index is 11.1. The van der Waals surface area contributed by atoms with Gasteiger partial charge < -0.3 is 5.32 Å². The van der Waals surface area contributed by atoms with Crippen LogP contribution in [0.5, 0.6) is 0 Å². The highest BCUT2D eigenvalue weighted by Gasteiger charge is 2.16. The summed E-state index contributed by atoms with van der Waals surface area (Å²) in [5.41, 5.74) is 0. The van der Waals surface area contributed by atoms with E-state index in [4.69, 9.17) is 0 Å². The van der Waals surface area contributed by atoms with Gasteiger partial charge in [-0.2, -0.15) is 0 Å². The van der Waals surface area contributed by atoms with E-state index in [0.717, 1.165) is 19.4 Å². The van der Waals surface area contributed by atoms with Gasteiger partial charge in [0.2, 0.25) is 5.91 Å². The third-order valence-electron chi connectivity index (χ3n) is 1.70. The zero-order valence-electron chi connectivity index (χ0n) is 6.26. The zero-order chi connectivity index (χ0) is 7.40. The fourth-order valence-electron chi connectivity index (χ4n) is 1.16. The van der Waals surface area contributed by atoms with Gasteiger partial charge in [0.25, 0.3) is 0 Å². The maximum Gasteiger partial charge on any atom is 0.226 e. The van der Waals surface area contributed by atoms with Gasteiger partial charge >= 0.3 is 0 Å². The zero-order valence-corrected chi connectivity index (χ0v) is 6.26. The first kappa shape index (κ1) is 7.32. The van der Waals surface area contributed by atoms with Crippen LogP contribution in [0.4, 0.5) is 0 Å². The Labute approximate surface area is 61.3 Å². The van der Waals surface area contributed by atoms with E-state index < -0.39 is 0 Å². The maximum atomic E-state index is 11.1. The normalized spacial score (nSPS) is 23.1. The Morgan fingerprint density at radius 3 is 3.10 bits per heavy atom. The molecule has 0 radical (unpaired) electrons. The smallest absolute Gasteiger partial charge is 0.226 e. The fourth-order valence-corrected chi connectivity index (χ4v) is 1.16. The van der Waals surface area contributed by atoms with Crippen molar-refractivity contribution in [3.05, 3.63) is 12.2 Å². The van der Waals surface area contributed by atoms with Crippen LogP contribution in [0, 0.1) is 5.92 Å². The van der Waals surface area contributed by atoms with Crippen LogP contribution >= 0.6 is 0 Å². The molecule has 2 nitrogen and oxygen atoms in total. The molecule has 0 heterocycles. The summed E-state index contributed by atoms with van der Waals surface area (Å²) >= 11 is 0. The summed E-state index contributed by atoms with van der Waals surface area (Å²) in [6.45, 7) is 2.68. The summed E-state index contributed by atoms with van der Waals surface area (Å²) in [6.07, 6.45) is 6.11. The summed E-state index contributed by atoms with van der Waals surface area (Å²) in [5, 5.41) is 2.80. The van der Waals surface area contributed by atoms with Crippen LogP contribution in [0.3, 0.4) is 0 Å². The highest BCUT2D eigenvalue weighted by Crippen LogP contribution is 2.16. The van der Waals surface area contributed by atoms with Crippen LogP contribution in [0.1, 0.15) is 19.8 Å². The first-order valence-corrected chi connectivity index (χ1v) is 3.79. The van der Waals surface area contributed by atoms with Crippen molar-refractivity contribution in [1.82, 2.24) is 5.32 Å². The summed E-state index contributed by atoms with van der Waals surface area (Å²) < 4.78 is 0. The molecule has 0 aliphatic heterocycles. The molecule has 0 aromatic rings. The van der Waals surface area contributed by atoms with E-state index >= 15 is 0 Å². The van der Waals surface area contributed by atoms with Crippen molar-refractivity contribution in [2.75, 3.05) is 6.54 Å². The largest absolute Gasteiger partial charge is 0.356 e. The summed E-state index contributed by atoms with van der Waals surface area (Å²) in [6, 6.07) is 0. The van der Waals surface area contributed by atoms with Crippen LogP contribution in [0.2, 0.25) is 0 Å². The minimum Gasteiger partial charge on any atom is -0.356 e. The van der Waals surface area contributed by atoms with Gasteiger partial charge in [-0.05, 0) is 19.8 Å². The Kier molecular flexibility index (Phi) is 2.49. The predicted octanol–water partition coefficient (Wildman–Crippen LogP) is 1.09. The quantitative estimate of drug-likeness (QED) is 0.570. The lowest BCUT2D eigenvalue weighted by Crippen LogP contribution is -2.28. The van der Waals surface area contributed by atoms with Gasteiger partial charge in [-0.3, -0.25) is 4.79 Å². The van der Waals surface area contributed by atoms with E-state index in [0.29, 0.717) is 0 Å². The molecule has 1 aliphatic carbocycles. The van der Waals surface area contributed by atoms with Gasteiger partial charge in [0.15, 0.2) is 0 Å². The Bertz CT molecular complexity index is 151. The number of nitrogens with one attached hydrogen (secondary N) is 1. The van der Waals surface area contributed by atoms with Gasteiger partial charge in [-0.25, -0.2) is 0 Å². The first-order chi connectivity index (χ1) is 4.84. The monoisotopic (exact) mass is 139 g/mol. The van der Waals surface area contributed by atoms with E-state index in [9.17, 15) is 4.79 Å².